The number of hydrogen-bond donors (Lipinski definition) is 0. The summed E-state index contributed by atoms with van der Waals surface area (Å²) in [5, 5.41) is 0. The zero-order chi connectivity index (χ0) is 20.5. The van der Waals surface area contributed by atoms with Gasteiger partial charge in [-0.2, -0.15) is 0 Å². The van der Waals surface area contributed by atoms with Gasteiger partial charge in [0.2, 0.25) is 0 Å². The molecule has 1 unspecified atom stereocenters. The molecule has 1 fully saturated rings. The van der Waals surface area contributed by atoms with Crippen molar-refractivity contribution in [2.75, 3.05) is 19.8 Å². The molecule has 0 bridgehead atoms. The Morgan fingerprint density at radius 3 is 1.70 bits per heavy atom. The standard InChI is InChI=1S/C27H30O3/c1-4-13-23(14-5-1)27(24-15-6-2-7-16-24,25-17-8-3-9-18-25)30-22-12-21-29-26-19-10-11-20-28-26/h1-9,13-18,26H,10-12,19-22H2. The molecule has 0 spiro atoms. The summed E-state index contributed by atoms with van der Waals surface area (Å²) >= 11 is 0. The van der Waals surface area contributed by atoms with Crippen LogP contribution in [0.25, 0.3) is 0 Å². The fraction of sp³-hybridized carbons (Fsp3) is 0.333. The van der Waals surface area contributed by atoms with Crippen LogP contribution in [0.15, 0.2) is 91.0 Å². The molecule has 0 amide bonds. The minimum absolute atomic E-state index is 0.0547. The lowest BCUT2D eigenvalue weighted by Crippen LogP contribution is -2.33. The van der Waals surface area contributed by atoms with Gasteiger partial charge in [-0.25, -0.2) is 0 Å². The highest BCUT2D eigenvalue weighted by molar-refractivity contribution is 5.47. The molecule has 0 saturated carbocycles. The predicted molar refractivity (Wildman–Crippen MR) is 119 cm³/mol. The lowest BCUT2D eigenvalue weighted by atomic mass is 9.80. The highest BCUT2D eigenvalue weighted by Gasteiger charge is 2.37. The van der Waals surface area contributed by atoms with E-state index in [9.17, 15) is 0 Å². The van der Waals surface area contributed by atoms with Crippen molar-refractivity contribution in [3.05, 3.63) is 108 Å². The van der Waals surface area contributed by atoms with Crippen molar-refractivity contribution in [1.82, 2.24) is 0 Å². The fourth-order valence-corrected chi connectivity index (χ4v) is 4.11. The molecule has 1 saturated heterocycles. The zero-order valence-electron chi connectivity index (χ0n) is 17.4. The Morgan fingerprint density at radius 2 is 1.23 bits per heavy atom. The van der Waals surface area contributed by atoms with Crippen LogP contribution in [0.1, 0.15) is 42.4 Å². The summed E-state index contributed by atoms with van der Waals surface area (Å²) in [5.74, 6) is 0. The minimum atomic E-state index is -0.662. The second-order valence-corrected chi connectivity index (χ2v) is 7.65. The van der Waals surface area contributed by atoms with Crippen molar-refractivity contribution in [2.45, 2.75) is 37.6 Å². The van der Waals surface area contributed by atoms with Gasteiger partial charge in [0, 0.05) is 6.61 Å². The zero-order valence-corrected chi connectivity index (χ0v) is 17.4. The normalized spacial score (nSPS) is 17.0. The maximum atomic E-state index is 6.76. The molecule has 0 radical (unpaired) electrons. The second-order valence-electron chi connectivity index (χ2n) is 7.65. The van der Waals surface area contributed by atoms with Crippen molar-refractivity contribution in [3.63, 3.8) is 0 Å². The molecular weight excluding hydrogens is 372 g/mol. The first kappa shape index (κ1) is 20.8. The van der Waals surface area contributed by atoms with E-state index in [1.165, 1.54) is 6.42 Å². The van der Waals surface area contributed by atoms with Crippen molar-refractivity contribution in [1.29, 1.82) is 0 Å². The Kier molecular flexibility index (Phi) is 7.30. The van der Waals surface area contributed by atoms with Gasteiger partial charge >= 0.3 is 0 Å². The molecule has 1 atom stereocenters. The first-order valence-corrected chi connectivity index (χ1v) is 10.9. The number of benzene rings is 3. The van der Waals surface area contributed by atoms with E-state index in [2.05, 4.69) is 72.8 Å². The van der Waals surface area contributed by atoms with Crippen LogP contribution >= 0.6 is 0 Å². The largest absolute Gasteiger partial charge is 0.361 e. The van der Waals surface area contributed by atoms with Crippen LogP contribution in [-0.2, 0) is 19.8 Å². The van der Waals surface area contributed by atoms with Gasteiger partial charge in [0.25, 0.3) is 0 Å². The first-order valence-electron chi connectivity index (χ1n) is 10.9. The molecule has 0 aromatic heterocycles. The van der Waals surface area contributed by atoms with E-state index in [4.69, 9.17) is 14.2 Å². The molecule has 3 nitrogen and oxygen atoms in total. The van der Waals surface area contributed by atoms with Gasteiger partial charge in [0.05, 0.1) is 13.2 Å². The van der Waals surface area contributed by atoms with Crippen molar-refractivity contribution in [2.24, 2.45) is 0 Å². The molecule has 1 aliphatic rings. The van der Waals surface area contributed by atoms with E-state index in [-0.39, 0.29) is 6.29 Å². The van der Waals surface area contributed by atoms with Crippen LogP contribution in [0.3, 0.4) is 0 Å². The topological polar surface area (TPSA) is 27.7 Å². The van der Waals surface area contributed by atoms with Gasteiger partial charge in [-0.3, -0.25) is 0 Å². The van der Waals surface area contributed by atoms with Gasteiger partial charge in [-0.15, -0.1) is 0 Å². The molecule has 1 heterocycles. The first-order chi connectivity index (χ1) is 14.9. The molecule has 156 valence electrons. The third kappa shape index (κ3) is 4.81. The average molecular weight is 403 g/mol. The molecule has 4 rings (SSSR count). The Balaban J connectivity index is 1.57. The molecule has 1 aliphatic heterocycles. The van der Waals surface area contributed by atoms with Crippen LogP contribution in [0, 0.1) is 0 Å². The summed E-state index contributed by atoms with van der Waals surface area (Å²) in [6.45, 7) is 2.03. The van der Waals surface area contributed by atoms with Crippen LogP contribution < -0.4 is 0 Å². The lowest BCUT2D eigenvalue weighted by molar-refractivity contribution is -0.165. The van der Waals surface area contributed by atoms with E-state index < -0.39 is 5.60 Å². The number of ether oxygens (including phenoxy) is 3. The minimum Gasteiger partial charge on any atom is -0.361 e. The Morgan fingerprint density at radius 1 is 0.700 bits per heavy atom. The lowest BCUT2D eigenvalue weighted by Gasteiger charge is -2.36. The van der Waals surface area contributed by atoms with Gasteiger partial charge in [0.15, 0.2) is 6.29 Å². The smallest absolute Gasteiger partial charge is 0.157 e. The molecular formula is C27H30O3. The SMILES string of the molecule is c1ccc(C(OCCCOC2CCCCO2)(c2ccccc2)c2ccccc2)cc1. The summed E-state index contributed by atoms with van der Waals surface area (Å²) in [7, 11) is 0. The maximum absolute atomic E-state index is 6.76. The van der Waals surface area contributed by atoms with E-state index in [0.717, 1.165) is 42.6 Å². The van der Waals surface area contributed by atoms with Gasteiger partial charge in [0.1, 0.15) is 5.60 Å². The van der Waals surface area contributed by atoms with Crippen LogP contribution in [-0.4, -0.2) is 26.1 Å². The highest BCUT2D eigenvalue weighted by Crippen LogP contribution is 2.40. The Hall–Kier alpha value is -2.46. The van der Waals surface area contributed by atoms with Crippen molar-refractivity contribution >= 4 is 0 Å². The monoisotopic (exact) mass is 402 g/mol. The summed E-state index contributed by atoms with van der Waals surface area (Å²) in [5.41, 5.74) is 2.71. The van der Waals surface area contributed by atoms with Crippen molar-refractivity contribution in [3.8, 4) is 0 Å². The molecule has 0 N–H and O–H groups in total. The van der Waals surface area contributed by atoms with Crippen LogP contribution in [0.2, 0.25) is 0 Å². The van der Waals surface area contributed by atoms with Crippen LogP contribution in [0.4, 0.5) is 0 Å². The third-order valence-electron chi connectivity index (χ3n) is 5.59. The fourth-order valence-electron chi connectivity index (χ4n) is 4.11. The number of hydrogen-bond acceptors (Lipinski definition) is 3. The molecule has 3 aromatic rings. The summed E-state index contributed by atoms with van der Waals surface area (Å²) in [4.78, 5) is 0. The third-order valence-corrected chi connectivity index (χ3v) is 5.59. The molecule has 30 heavy (non-hydrogen) atoms. The van der Waals surface area contributed by atoms with E-state index in [1.807, 2.05) is 18.2 Å². The summed E-state index contributed by atoms with van der Waals surface area (Å²) < 4.78 is 18.3. The maximum Gasteiger partial charge on any atom is 0.157 e. The molecule has 3 aromatic carbocycles. The van der Waals surface area contributed by atoms with Gasteiger partial charge in [-0.05, 0) is 42.4 Å². The number of rotatable bonds is 9. The Bertz CT molecular complexity index is 762. The van der Waals surface area contributed by atoms with Crippen LogP contribution in [0.5, 0.6) is 0 Å². The van der Waals surface area contributed by atoms with E-state index in [1.54, 1.807) is 0 Å². The quantitative estimate of drug-likeness (QED) is 0.328. The summed E-state index contributed by atoms with van der Waals surface area (Å²) in [6.07, 6.45) is 4.06. The molecule has 0 aliphatic carbocycles. The predicted octanol–water partition coefficient (Wildman–Crippen LogP) is 5.93. The summed E-state index contributed by atoms with van der Waals surface area (Å²) in [6, 6.07) is 31.4. The van der Waals surface area contributed by atoms with E-state index >= 15 is 0 Å². The van der Waals surface area contributed by atoms with Gasteiger partial charge < -0.3 is 14.2 Å². The highest BCUT2D eigenvalue weighted by atomic mass is 16.7. The second kappa shape index (κ2) is 10.5. The van der Waals surface area contributed by atoms with E-state index in [0.29, 0.717) is 13.2 Å². The Labute approximate surface area is 179 Å². The molecule has 3 heteroatoms. The van der Waals surface area contributed by atoms with Gasteiger partial charge in [-0.1, -0.05) is 91.0 Å². The van der Waals surface area contributed by atoms with Crippen molar-refractivity contribution < 1.29 is 14.2 Å². The average Bonchev–Trinajstić information content (AvgIpc) is 2.84.